The summed E-state index contributed by atoms with van der Waals surface area (Å²) in [6.45, 7) is 0. The van der Waals surface area contributed by atoms with Crippen molar-refractivity contribution in [1.82, 2.24) is 20.2 Å². The first kappa shape index (κ1) is 12.7. The van der Waals surface area contributed by atoms with Gasteiger partial charge in [0.1, 0.15) is 11.6 Å². The minimum absolute atomic E-state index is 0.0272. The maximum absolute atomic E-state index is 12.2. The molecule has 2 aromatic rings. The highest BCUT2D eigenvalue weighted by Crippen LogP contribution is 2.37. The molecule has 8 heteroatoms. The smallest absolute Gasteiger partial charge is 0.204 e. The van der Waals surface area contributed by atoms with E-state index in [1.807, 2.05) is 0 Å². The van der Waals surface area contributed by atoms with Crippen molar-refractivity contribution < 1.29 is 8.42 Å². The second-order valence-electron chi connectivity index (χ2n) is 4.46. The van der Waals surface area contributed by atoms with Crippen LogP contribution >= 0.6 is 15.9 Å². The third kappa shape index (κ3) is 2.69. The highest BCUT2D eigenvalue weighted by molar-refractivity contribution is 9.10. The van der Waals surface area contributed by atoms with Crippen LogP contribution in [-0.2, 0) is 15.6 Å². The van der Waals surface area contributed by atoms with Gasteiger partial charge in [-0.2, -0.15) is 5.10 Å². The molecule has 0 aromatic carbocycles. The highest BCUT2D eigenvalue weighted by atomic mass is 79.9. The van der Waals surface area contributed by atoms with Crippen LogP contribution in [-0.4, -0.2) is 28.6 Å². The fraction of sp³-hybridized carbons (Fsp3) is 0.364. The van der Waals surface area contributed by atoms with Crippen LogP contribution in [0.5, 0.6) is 0 Å². The van der Waals surface area contributed by atoms with Gasteiger partial charge in [0.05, 0.1) is 4.47 Å². The summed E-state index contributed by atoms with van der Waals surface area (Å²) in [5.74, 6) is 1.25. The van der Waals surface area contributed by atoms with E-state index in [4.69, 9.17) is 0 Å². The van der Waals surface area contributed by atoms with Crippen molar-refractivity contribution in [1.29, 1.82) is 0 Å². The second-order valence-corrected chi connectivity index (χ2v) is 7.22. The quantitative estimate of drug-likeness (QED) is 0.915. The van der Waals surface area contributed by atoms with E-state index in [2.05, 4.69) is 36.1 Å². The first-order chi connectivity index (χ1) is 9.06. The number of hydrogen-bond donors (Lipinski definition) is 1. The third-order valence-electron chi connectivity index (χ3n) is 2.84. The van der Waals surface area contributed by atoms with Gasteiger partial charge in [-0.15, -0.1) is 0 Å². The monoisotopic (exact) mass is 342 g/mol. The number of hydrogen-bond acceptors (Lipinski definition) is 5. The fourth-order valence-electron chi connectivity index (χ4n) is 1.75. The summed E-state index contributed by atoms with van der Waals surface area (Å²) >= 11 is 3.20. The molecule has 1 fully saturated rings. The molecule has 19 heavy (non-hydrogen) atoms. The lowest BCUT2D eigenvalue weighted by atomic mass is 10.4. The molecule has 1 saturated carbocycles. The van der Waals surface area contributed by atoms with E-state index in [9.17, 15) is 8.42 Å². The van der Waals surface area contributed by atoms with Crippen LogP contribution in [0.1, 0.15) is 30.4 Å². The van der Waals surface area contributed by atoms with Crippen molar-refractivity contribution in [2.75, 3.05) is 0 Å². The van der Waals surface area contributed by atoms with E-state index >= 15 is 0 Å². The van der Waals surface area contributed by atoms with Gasteiger partial charge in [0.2, 0.25) is 9.84 Å². The molecule has 0 atom stereocenters. The first-order valence-electron chi connectivity index (χ1n) is 5.81. The van der Waals surface area contributed by atoms with Gasteiger partial charge >= 0.3 is 0 Å². The van der Waals surface area contributed by atoms with Gasteiger partial charge in [-0.1, -0.05) is 0 Å². The number of aromatic amines is 1. The Kier molecular flexibility index (Phi) is 3.14. The summed E-state index contributed by atoms with van der Waals surface area (Å²) in [6.07, 6.45) is 3.61. The van der Waals surface area contributed by atoms with Gasteiger partial charge in [-0.25, -0.2) is 18.4 Å². The lowest BCUT2D eigenvalue weighted by Crippen LogP contribution is -2.09. The number of pyridine rings is 1. The molecule has 0 bridgehead atoms. The Morgan fingerprint density at radius 1 is 1.42 bits per heavy atom. The number of nitrogens with one attached hydrogen (secondary N) is 1. The Labute approximate surface area is 118 Å². The Bertz CT molecular complexity index is 709. The van der Waals surface area contributed by atoms with E-state index in [0.717, 1.165) is 12.8 Å². The van der Waals surface area contributed by atoms with Gasteiger partial charge in [-0.05, 0) is 40.9 Å². The predicted octanol–water partition coefficient (Wildman–Crippen LogP) is 1.81. The number of rotatable bonds is 4. The number of nitrogens with zero attached hydrogens (tertiary/aromatic N) is 3. The SMILES string of the molecule is O=S(=O)(Cc1nc(C2CC2)n[nH]1)c1ncccc1Br. The number of H-pyrrole nitrogens is 1. The summed E-state index contributed by atoms with van der Waals surface area (Å²) in [4.78, 5) is 8.13. The zero-order valence-electron chi connectivity index (χ0n) is 9.88. The van der Waals surface area contributed by atoms with E-state index in [1.165, 1.54) is 6.20 Å². The molecular weight excluding hydrogens is 332 g/mol. The van der Waals surface area contributed by atoms with Crippen molar-refractivity contribution in [3.05, 3.63) is 34.5 Å². The van der Waals surface area contributed by atoms with Crippen LogP contribution in [0.25, 0.3) is 0 Å². The van der Waals surface area contributed by atoms with Crippen LogP contribution in [0.2, 0.25) is 0 Å². The molecule has 2 aromatic heterocycles. The minimum atomic E-state index is -3.53. The van der Waals surface area contributed by atoms with Gasteiger partial charge in [-0.3, -0.25) is 5.10 Å². The lowest BCUT2D eigenvalue weighted by Gasteiger charge is -2.02. The predicted molar refractivity (Wildman–Crippen MR) is 71.2 cm³/mol. The molecule has 1 aliphatic rings. The van der Waals surface area contributed by atoms with E-state index in [1.54, 1.807) is 12.1 Å². The van der Waals surface area contributed by atoms with E-state index in [0.29, 0.717) is 22.0 Å². The summed E-state index contributed by atoms with van der Waals surface area (Å²) in [7, 11) is -3.53. The maximum atomic E-state index is 12.2. The lowest BCUT2D eigenvalue weighted by molar-refractivity contribution is 0.589. The topological polar surface area (TPSA) is 88.6 Å². The van der Waals surface area contributed by atoms with Crippen molar-refractivity contribution >= 4 is 25.8 Å². The number of aromatic nitrogens is 4. The molecule has 0 unspecified atom stereocenters. The molecule has 0 saturated heterocycles. The van der Waals surface area contributed by atoms with Crippen LogP contribution in [0.4, 0.5) is 0 Å². The normalized spacial score (nSPS) is 15.6. The van der Waals surface area contributed by atoms with Crippen LogP contribution < -0.4 is 0 Å². The molecule has 0 aliphatic heterocycles. The van der Waals surface area contributed by atoms with Gasteiger partial charge in [0.15, 0.2) is 10.9 Å². The Hall–Kier alpha value is -1.28. The standard InChI is InChI=1S/C11H11BrN4O2S/c12-8-2-1-5-13-11(8)19(17,18)6-9-14-10(16-15-9)7-3-4-7/h1-2,5,7H,3-4,6H2,(H,14,15,16). The molecule has 1 N–H and O–H groups in total. The molecule has 0 spiro atoms. The Morgan fingerprint density at radius 2 is 2.21 bits per heavy atom. The largest absolute Gasteiger partial charge is 0.262 e. The van der Waals surface area contributed by atoms with Gasteiger partial charge < -0.3 is 0 Å². The van der Waals surface area contributed by atoms with E-state index < -0.39 is 9.84 Å². The Balaban J connectivity index is 1.86. The highest BCUT2D eigenvalue weighted by Gasteiger charge is 2.29. The molecule has 1 aliphatic carbocycles. The van der Waals surface area contributed by atoms with Gasteiger partial charge in [0, 0.05) is 12.1 Å². The zero-order chi connectivity index (χ0) is 13.5. The molecule has 100 valence electrons. The minimum Gasteiger partial charge on any atom is -0.262 e. The van der Waals surface area contributed by atoms with Gasteiger partial charge in [0.25, 0.3) is 0 Å². The summed E-state index contributed by atoms with van der Waals surface area (Å²) in [5, 5.41) is 6.76. The fourth-order valence-corrected chi connectivity index (χ4v) is 3.95. The van der Waals surface area contributed by atoms with Crippen molar-refractivity contribution in [3.8, 4) is 0 Å². The molecule has 0 radical (unpaired) electrons. The second kappa shape index (κ2) is 4.68. The van der Waals surface area contributed by atoms with Crippen LogP contribution in [0.15, 0.2) is 27.8 Å². The summed E-state index contributed by atoms with van der Waals surface area (Å²) < 4.78 is 24.9. The maximum Gasteiger partial charge on any atom is 0.204 e. The molecular formula is C11H11BrN4O2S. The van der Waals surface area contributed by atoms with Crippen molar-refractivity contribution in [2.24, 2.45) is 0 Å². The van der Waals surface area contributed by atoms with Crippen molar-refractivity contribution in [3.63, 3.8) is 0 Å². The number of sulfone groups is 1. The molecule has 3 rings (SSSR count). The van der Waals surface area contributed by atoms with Crippen molar-refractivity contribution in [2.45, 2.75) is 29.5 Å². The Morgan fingerprint density at radius 3 is 2.89 bits per heavy atom. The molecule has 0 amide bonds. The average molecular weight is 343 g/mol. The zero-order valence-corrected chi connectivity index (χ0v) is 12.3. The third-order valence-corrected chi connectivity index (χ3v) is 5.31. The summed E-state index contributed by atoms with van der Waals surface area (Å²) in [5.41, 5.74) is 0. The van der Waals surface area contributed by atoms with Crippen LogP contribution in [0.3, 0.4) is 0 Å². The molecule has 6 nitrogen and oxygen atoms in total. The number of halogens is 1. The molecule has 2 heterocycles. The summed E-state index contributed by atoms with van der Waals surface area (Å²) in [6, 6.07) is 3.32. The average Bonchev–Trinajstić information content (AvgIpc) is 3.11. The van der Waals surface area contributed by atoms with Crippen LogP contribution in [0, 0.1) is 0 Å². The van der Waals surface area contributed by atoms with E-state index in [-0.39, 0.29) is 10.8 Å². The first-order valence-corrected chi connectivity index (χ1v) is 8.25.